The predicted molar refractivity (Wildman–Crippen MR) is 71.1 cm³/mol. The Balaban J connectivity index is 1.68. The van der Waals surface area contributed by atoms with Gasteiger partial charge in [0, 0.05) is 11.1 Å². The van der Waals surface area contributed by atoms with Crippen LogP contribution in [0.25, 0.3) is 0 Å². The van der Waals surface area contributed by atoms with Gasteiger partial charge in [-0.1, -0.05) is 13.8 Å². The van der Waals surface area contributed by atoms with Crippen molar-refractivity contribution in [3.8, 4) is 11.8 Å². The number of aromatic nitrogens is 1. The second-order valence-corrected chi connectivity index (χ2v) is 7.53. The van der Waals surface area contributed by atoms with Gasteiger partial charge in [-0.05, 0) is 60.2 Å². The molecule has 0 amide bonds. The standard InChI is InChI=1S/C16H21NO2/c1-5-6(2)8-3-7(5)11-9-4-10(12(8)11)14-13(9)15(18)17-16(14)19/h5-12,17-19H,3-4H2,1-2H3. The van der Waals surface area contributed by atoms with Gasteiger partial charge in [0.2, 0.25) is 0 Å². The van der Waals surface area contributed by atoms with E-state index in [0.717, 1.165) is 46.6 Å². The van der Waals surface area contributed by atoms with E-state index >= 15 is 0 Å². The van der Waals surface area contributed by atoms with E-state index in [4.69, 9.17) is 0 Å². The van der Waals surface area contributed by atoms with E-state index in [1.807, 2.05) is 0 Å². The molecule has 1 aromatic rings. The second kappa shape index (κ2) is 2.97. The minimum atomic E-state index is 0.238. The Bertz CT molecular complexity index is 531. The molecule has 0 radical (unpaired) electrons. The van der Waals surface area contributed by atoms with Crippen LogP contribution in [0.15, 0.2) is 0 Å². The molecule has 8 unspecified atom stereocenters. The van der Waals surface area contributed by atoms with Crippen LogP contribution < -0.4 is 0 Å². The first-order valence-corrected chi connectivity index (χ1v) is 7.73. The predicted octanol–water partition coefficient (Wildman–Crippen LogP) is 3.16. The zero-order chi connectivity index (χ0) is 13.0. The Morgan fingerprint density at radius 1 is 0.842 bits per heavy atom. The molecule has 4 aliphatic carbocycles. The lowest BCUT2D eigenvalue weighted by Gasteiger charge is -2.40. The van der Waals surface area contributed by atoms with Crippen LogP contribution in [0.4, 0.5) is 0 Å². The van der Waals surface area contributed by atoms with Crippen LogP contribution >= 0.6 is 0 Å². The van der Waals surface area contributed by atoms with E-state index in [2.05, 4.69) is 18.8 Å². The molecule has 3 N–H and O–H groups in total. The Morgan fingerprint density at radius 2 is 1.32 bits per heavy atom. The van der Waals surface area contributed by atoms with Gasteiger partial charge in [-0.15, -0.1) is 0 Å². The van der Waals surface area contributed by atoms with Crippen molar-refractivity contribution in [2.45, 2.75) is 38.5 Å². The lowest BCUT2D eigenvalue weighted by Crippen LogP contribution is -2.35. The van der Waals surface area contributed by atoms with E-state index in [0.29, 0.717) is 11.8 Å². The maximum absolute atomic E-state index is 10.1. The number of aromatic hydroxyl groups is 2. The summed E-state index contributed by atoms with van der Waals surface area (Å²) in [6, 6.07) is 0. The summed E-state index contributed by atoms with van der Waals surface area (Å²) in [7, 11) is 0. The van der Waals surface area contributed by atoms with Crippen LogP contribution in [0.1, 0.15) is 49.7 Å². The largest absolute Gasteiger partial charge is 0.494 e. The molecule has 1 heterocycles. The van der Waals surface area contributed by atoms with Crippen molar-refractivity contribution in [2.24, 2.45) is 35.5 Å². The summed E-state index contributed by atoms with van der Waals surface area (Å²) in [6.07, 6.45) is 2.56. The summed E-state index contributed by atoms with van der Waals surface area (Å²) < 4.78 is 0. The summed E-state index contributed by atoms with van der Waals surface area (Å²) in [5.41, 5.74) is 2.13. The normalized spacial score (nSPS) is 52.7. The second-order valence-electron chi connectivity index (χ2n) is 7.53. The molecule has 3 fully saturated rings. The molecule has 19 heavy (non-hydrogen) atoms. The smallest absolute Gasteiger partial charge is 0.195 e. The van der Waals surface area contributed by atoms with Gasteiger partial charge in [0.1, 0.15) is 0 Å². The van der Waals surface area contributed by atoms with E-state index in [1.54, 1.807) is 0 Å². The maximum atomic E-state index is 10.1. The summed E-state index contributed by atoms with van der Waals surface area (Å²) >= 11 is 0. The van der Waals surface area contributed by atoms with Crippen molar-refractivity contribution in [3.63, 3.8) is 0 Å². The van der Waals surface area contributed by atoms with Crippen LogP contribution in [-0.4, -0.2) is 15.2 Å². The van der Waals surface area contributed by atoms with Crippen LogP contribution in [0.3, 0.4) is 0 Å². The highest BCUT2D eigenvalue weighted by molar-refractivity contribution is 5.55. The fourth-order valence-electron chi connectivity index (χ4n) is 6.70. The SMILES string of the molecule is CC1C(C)C2CC1C1C3CC(c4c(O)[nH]c(O)c43)C21. The first kappa shape index (κ1) is 10.6. The Kier molecular flexibility index (Phi) is 1.66. The highest BCUT2D eigenvalue weighted by Gasteiger charge is 2.66. The first-order valence-electron chi connectivity index (χ1n) is 7.73. The Morgan fingerprint density at radius 3 is 1.79 bits per heavy atom. The highest BCUT2D eigenvalue weighted by atomic mass is 16.3. The molecule has 5 rings (SSSR count). The third kappa shape index (κ3) is 0.945. The van der Waals surface area contributed by atoms with Gasteiger partial charge < -0.3 is 10.2 Å². The highest BCUT2D eigenvalue weighted by Crippen LogP contribution is 2.75. The van der Waals surface area contributed by atoms with Crippen molar-refractivity contribution >= 4 is 0 Å². The fraction of sp³-hybridized carbons (Fsp3) is 0.750. The molecule has 1 aromatic heterocycles. The number of nitrogens with one attached hydrogen (secondary N) is 1. The molecule has 3 saturated carbocycles. The quantitative estimate of drug-likeness (QED) is 0.627. The van der Waals surface area contributed by atoms with E-state index in [9.17, 15) is 10.2 Å². The number of hydrogen-bond acceptors (Lipinski definition) is 2. The average Bonchev–Trinajstić information content (AvgIpc) is 3.09. The number of fused-ring (bicyclic) bond motifs is 12. The van der Waals surface area contributed by atoms with Gasteiger partial charge in [0.25, 0.3) is 0 Å². The zero-order valence-electron chi connectivity index (χ0n) is 11.4. The molecule has 0 aromatic carbocycles. The fourth-order valence-corrected chi connectivity index (χ4v) is 6.70. The molecular formula is C16H21NO2. The van der Waals surface area contributed by atoms with E-state index in [-0.39, 0.29) is 11.8 Å². The van der Waals surface area contributed by atoms with Gasteiger partial charge in [-0.2, -0.15) is 0 Å². The first-order chi connectivity index (χ1) is 9.09. The van der Waals surface area contributed by atoms with Crippen molar-refractivity contribution in [3.05, 3.63) is 11.1 Å². The Hall–Kier alpha value is -1.12. The number of aromatic amines is 1. The summed E-state index contributed by atoms with van der Waals surface area (Å²) in [4.78, 5) is 2.75. The van der Waals surface area contributed by atoms with Crippen LogP contribution in [0.2, 0.25) is 0 Å². The van der Waals surface area contributed by atoms with Crippen molar-refractivity contribution < 1.29 is 10.2 Å². The minimum absolute atomic E-state index is 0.238. The molecule has 102 valence electrons. The average molecular weight is 259 g/mol. The lowest BCUT2D eigenvalue weighted by molar-refractivity contribution is 0.115. The molecule has 0 aliphatic heterocycles. The van der Waals surface area contributed by atoms with Crippen LogP contribution in [0.5, 0.6) is 11.8 Å². The third-order valence-corrected chi connectivity index (χ3v) is 7.37. The molecule has 0 saturated heterocycles. The van der Waals surface area contributed by atoms with Crippen molar-refractivity contribution in [2.75, 3.05) is 0 Å². The molecular weight excluding hydrogens is 238 g/mol. The zero-order valence-corrected chi connectivity index (χ0v) is 11.4. The van der Waals surface area contributed by atoms with E-state index < -0.39 is 0 Å². The van der Waals surface area contributed by atoms with Crippen LogP contribution in [0, 0.1) is 35.5 Å². The Labute approximate surface area is 113 Å². The number of hydrogen-bond donors (Lipinski definition) is 3. The molecule has 8 atom stereocenters. The summed E-state index contributed by atoms with van der Waals surface area (Å²) in [5, 5.41) is 20.1. The molecule has 3 heteroatoms. The van der Waals surface area contributed by atoms with Gasteiger partial charge >= 0.3 is 0 Å². The molecule has 0 spiro atoms. The molecule has 4 bridgehead atoms. The summed E-state index contributed by atoms with van der Waals surface area (Å²) in [6.45, 7) is 4.85. The third-order valence-electron chi connectivity index (χ3n) is 7.37. The van der Waals surface area contributed by atoms with Crippen molar-refractivity contribution in [1.82, 2.24) is 4.98 Å². The van der Waals surface area contributed by atoms with Gasteiger partial charge in [-0.25, -0.2) is 0 Å². The summed E-state index contributed by atoms with van der Waals surface area (Å²) in [5.74, 6) is 6.41. The molecule has 4 aliphatic rings. The molecule has 3 nitrogen and oxygen atoms in total. The van der Waals surface area contributed by atoms with Gasteiger partial charge in [0.15, 0.2) is 11.8 Å². The van der Waals surface area contributed by atoms with Gasteiger partial charge in [-0.3, -0.25) is 4.98 Å². The number of rotatable bonds is 0. The van der Waals surface area contributed by atoms with Gasteiger partial charge in [0.05, 0.1) is 0 Å². The van der Waals surface area contributed by atoms with Crippen LogP contribution in [-0.2, 0) is 0 Å². The minimum Gasteiger partial charge on any atom is -0.494 e. The maximum Gasteiger partial charge on any atom is 0.195 e. The van der Waals surface area contributed by atoms with E-state index in [1.165, 1.54) is 12.8 Å². The lowest BCUT2D eigenvalue weighted by atomic mass is 9.63. The topological polar surface area (TPSA) is 56.2 Å². The van der Waals surface area contributed by atoms with Crippen molar-refractivity contribution in [1.29, 1.82) is 0 Å². The monoisotopic (exact) mass is 259 g/mol. The number of H-pyrrole nitrogens is 1.